The number of likely N-dealkylation sites (tertiary alicyclic amines) is 1. The van der Waals surface area contributed by atoms with Gasteiger partial charge in [-0.2, -0.15) is 0 Å². The van der Waals surface area contributed by atoms with Crippen LogP contribution in [0.5, 0.6) is 5.75 Å². The van der Waals surface area contributed by atoms with Crippen LogP contribution in [0.2, 0.25) is 0 Å². The van der Waals surface area contributed by atoms with Gasteiger partial charge in [-0.1, -0.05) is 18.2 Å². The summed E-state index contributed by atoms with van der Waals surface area (Å²) in [5.74, 6) is 1.41. The summed E-state index contributed by atoms with van der Waals surface area (Å²) < 4.78 is 6.60. The van der Waals surface area contributed by atoms with Crippen molar-refractivity contribution in [3.8, 4) is 5.75 Å². The minimum atomic E-state index is -0.145. The molecule has 1 atom stereocenters. The number of hydrogen-bond acceptors (Lipinski definition) is 4. The average Bonchev–Trinajstić information content (AvgIpc) is 3.55. The number of nitrogens with zero attached hydrogens (tertiary/aromatic N) is 2. The topological polar surface area (TPSA) is 54.5 Å². The number of piperidine rings is 1. The maximum absolute atomic E-state index is 12.5. The van der Waals surface area contributed by atoms with Crippen LogP contribution in [0.4, 0.5) is 0 Å². The van der Waals surface area contributed by atoms with Crippen molar-refractivity contribution < 1.29 is 9.53 Å². The summed E-state index contributed by atoms with van der Waals surface area (Å²) in [6, 6.07) is 12.9. The number of amides is 1. The summed E-state index contributed by atoms with van der Waals surface area (Å²) in [6.07, 6.45) is 9.50. The molecule has 0 bridgehead atoms. The molecule has 1 aliphatic carbocycles. The zero-order valence-electron chi connectivity index (χ0n) is 16.8. The molecule has 152 valence electrons. The van der Waals surface area contributed by atoms with Gasteiger partial charge in [-0.05, 0) is 61.4 Å². The Hall–Kier alpha value is -2.40. The quantitative estimate of drug-likeness (QED) is 0.845. The Bertz CT molecular complexity index is 857. The fraction of sp³-hybridized carbons (Fsp3) is 0.500. The van der Waals surface area contributed by atoms with E-state index in [0.29, 0.717) is 12.5 Å². The van der Waals surface area contributed by atoms with Gasteiger partial charge in [0, 0.05) is 50.4 Å². The molecule has 5 heteroatoms. The molecule has 0 unspecified atom stereocenters. The van der Waals surface area contributed by atoms with E-state index in [-0.39, 0.29) is 17.4 Å². The van der Waals surface area contributed by atoms with Gasteiger partial charge in [0.25, 0.3) is 0 Å². The van der Waals surface area contributed by atoms with Gasteiger partial charge in [0.15, 0.2) is 0 Å². The first kappa shape index (κ1) is 18.6. The van der Waals surface area contributed by atoms with E-state index >= 15 is 0 Å². The van der Waals surface area contributed by atoms with Crippen molar-refractivity contribution in [2.75, 3.05) is 13.1 Å². The maximum Gasteiger partial charge on any atom is 0.220 e. The van der Waals surface area contributed by atoms with Crippen LogP contribution in [0.25, 0.3) is 0 Å². The molecule has 2 fully saturated rings. The lowest BCUT2D eigenvalue weighted by Crippen LogP contribution is -2.50. The third-order valence-corrected chi connectivity index (χ3v) is 6.60. The number of rotatable bonds is 5. The van der Waals surface area contributed by atoms with E-state index < -0.39 is 0 Å². The molecule has 3 heterocycles. The highest BCUT2D eigenvalue weighted by atomic mass is 16.5. The van der Waals surface area contributed by atoms with Crippen molar-refractivity contribution in [3.63, 3.8) is 0 Å². The van der Waals surface area contributed by atoms with Crippen molar-refractivity contribution in [2.24, 2.45) is 0 Å². The zero-order valence-corrected chi connectivity index (χ0v) is 16.8. The number of para-hydroxylation sites is 1. The van der Waals surface area contributed by atoms with E-state index in [2.05, 4.69) is 45.5 Å². The number of nitrogens with one attached hydrogen (secondary N) is 1. The summed E-state index contributed by atoms with van der Waals surface area (Å²) in [5, 5.41) is 3.16. The Morgan fingerprint density at radius 2 is 1.90 bits per heavy atom. The Morgan fingerprint density at radius 1 is 1.14 bits per heavy atom. The minimum Gasteiger partial charge on any atom is -0.487 e. The standard InChI is InChI=1S/C24H29N3O2/c28-23(26-20-5-6-20)15-19-16-24(29-22-4-2-1-3-21(19)22)9-13-27(14-10-24)17-18-7-11-25-12-8-18/h1-4,7-8,11-12,19-20H,5-6,9-10,13-17H2,(H,26,28)/t19-/m1/s1. The molecule has 1 N–H and O–H groups in total. The second kappa shape index (κ2) is 7.79. The summed E-state index contributed by atoms with van der Waals surface area (Å²) in [4.78, 5) is 19.1. The van der Waals surface area contributed by atoms with Crippen LogP contribution < -0.4 is 10.1 Å². The first-order valence-corrected chi connectivity index (χ1v) is 10.9. The van der Waals surface area contributed by atoms with E-state index in [1.807, 2.05) is 18.5 Å². The van der Waals surface area contributed by atoms with Gasteiger partial charge < -0.3 is 10.1 Å². The normalized spacial score (nSPS) is 23.2. The lowest BCUT2D eigenvalue weighted by Gasteiger charge is -2.47. The molecule has 1 aromatic heterocycles. The molecule has 2 aromatic rings. The van der Waals surface area contributed by atoms with Crippen LogP contribution in [0.1, 0.15) is 55.6 Å². The van der Waals surface area contributed by atoms with Crippen LogP contribution >= 0.6 is 0 Å². The van der Waals surface area contributed by atoms with Gasteiger partial charge in [0.05, 0.1) is 0 Å². The summed E-state index contributed by atoms with van der Waals surface area (Å²) in [6.45, 7) is 3.00. The minimum absolute atomic E-state index is 0.145. The summed E-state index contributed by atoms with van der Waals surface area (Å²) in [5.41, 5.74) is 2.36. The molecule has 1 spiro atoms. The molecule has 3 aliphatic rings. The predicted octanol–water partition coefficient (Wildman–Crippen LogP) is 3.65. The smallest absolute Gasteiger partial charge is 0.220 e. The third-order valence-electron chi connectivity index (χ3n) is 6.60. The summed E-state index contributed by atoms with van der Waals surface area (Å²) >= 11 is 0. The van der Waals surface area contributed by atoms with Crippen LogP contribution in [0.15, 0.2) is 48.8 Å². The van der Waals surface area contributed by atoms with Gasteiger partial charge in [-0.3, -0.25) is 14.7 Å². The lowest BCUT2D eigenvalue weighted by molar-refractivity contribution is -0.122. The zero-order chi connectivity index (χ0) is 19.7. The molecule has 1 amide bonds. The fourth-order valence-corrected chi connectivity index (χ4v) is 4.84. The summed E-state index contributed by atoms with van der Waals surface area (Å²) in [7, 11) is 0. The molecule has 1 aromatic carbocycles. The van der Waals surface area contributed by atoms with Crippen molar-refractivity contribution in [1.82, 2.24) is 15.2 Å². The largest absolute Gasteiger partial charge is 0.487 e. The highest BCUT2D eigenvalue weighted by Gasteiger charge is 2.43. The van der Waals surface area contributed by atoms with Crippen molar-refractivity contribution in [1.29, 1.82) is 0 Å². The van der Waals surface area contributed by atoms with E-state index in [1.165, 1.54) is 11.1 Å². The molecular weight excluding hydrogens is 362 g/mol. The number of fused-ring (bicyclic) bond motifs is 1. The number of pyridine rings is 1. The molecule has 5 nitrogen and oxygen atoms in total. The second-order valence-corrected chi connectivity index (χ2v) is 8.90. The Kier molecular flexibility index (Phi) is 5.00. The number of carbonyl (C=O) groups is 1. The van der Waals surface area contributed by atoms with E-state index in [0.717, 1.165) is 57.5 Å². The molecule has 29 heavy (non-hydrogen) atoms. The number of benzene rings is 1. The molecular formula is C24H29N3O2. The Labute approximate surface area is 172 Å². The number of hydrogen-bond donors (Lipinski definition) is 1. The van der Waals surface area contributed by atoms with Gasteiger partial charge in [0.2, 0.25) is 5.91 Å². The van der Waals surface area contributed by atoms with Crippen LogP contribution in [0.3, 0.4) is 0 Å². The number of ether oxygens (including phenoxy) is 1. The van der Waals surface area contributed by atoms with Gasteiger partial charge >= 0.3 is 0 Å². The van der Waals surface area contributed by atoms with Crippen molar-refractivity contribution >= 4 is 5.91 Å². The first-order valence-electron chi connectivity index (χ1n) is 10.9. The number of carbonyl (C=O) groups excluding carboxylic acids is 1. The van der Waals surface area contributed by atoms with Gasteiger partial charge in [0.1, 0.15) is 11.4 Å². The Morgan fingerprint density at radius 3 is 2.66 bits per heavy atom. The van der Waals surface area contributed by atoms with E-state index in [9.17, 15) is 4.79 Å². The molecule has 0 radical (unpaired) electrons. The Balaban J connectivity index is 1.27. The van der Waals surface area contributed by atoms with Gasteiger partial charge in [-0.25, -0.2) is 0 Å². The third kappa shape index (κ3) is 4.30. The molecule has 1 saturated carbocycles. The van der Waals surface area contributed by atoms with E-state index in [4.69, 9.17) is 4.74 Å². The first-order chi connectivity index (χ1) is 14.2. The highest BCUT2D eigenvalue weighted by Crippen LogP contribution is 2.46. The number of aromatic nitrogens is 1. The molecule has 1 saturated heterocycles. The van der Waals surface area contributed by atoms with Gasteiger partial charge in [-0.15, -0.1) is 0 Å². The highest BCUT2D eigenvalue weighted by molar-refractivity contribution is 5.77. The predicted molar refractivity (Wildman–Crippen MR) is 112 cm³/mol. The van der Waals surface area contributed by atoms with E-state index in [1.54, 1.807) is 0 Å². The average molecular weight is 392 g/mol. The monoisotopic (exact) mass is 391 g/mol. The van der Waals surface area contributed by atoms with Crippen LogP contribution in [-0.4, -0.2) is 40.5 Å². The maximum atomic E-state index is 12.5. The van der Waals surface area contributed by atoms with Crippen molar-refractivity contribution in [3.05, 3.63) is 59.9 Å². The molecule has 2 aliphatic heterocycles. The van der Waals surface area contributed by atoms with Crippen LogP contribution in [-0.2, 0) is 11.3 Å². The van der Waals surface area contributed by atoms with Crippen LogP contribution in [0, 0.1) is 0 Å². The van der Waals surface area contributed by atoms with Crippen molar-refractivity contribution in [2.45, 2.75) is 62.6 Å². The lowest BCUT2D eigenvalue weighted by atomic mass is 9.76. The fourth-order valence-electron chi connectivity index (χ4n) is 4.84. The SMILES string of the molecule is O=C(C[C@@H]1CC2(CCN(Cc3ccncc3)CC2)Oc2ccccc21)NC1CC1. The molecule has 5 rings (SSSR count). The second-order valence-electron chi connectivity index (χ2n) is 8.90.